The number of unbranched alkanes of at least 4 members (excludes halogenated alkanes) is 2. The monoisotopic (exact) mass is 311 g/mol. The average Bonchev–Trinajstić information content (AvgIpc) is 2.50. The van der Waals surface area contributed by atoms with Crippen LogP contribution in [0.5, 0.6) is 11.5 Å². The Balaban J connectivity index is 2.32. The Kier molecular flexibility index (Phi) is 9.35. The molecule has 120 valence electrons. The van der Waals surface area contributed by atoms with E-state index in [1.54, 1.807) is 14.2 Å². The number of ether oxygens (including phenoxy) is 2. The summed E-state index contributed by atoms with van der Waals surface area (Å²) in [4.78, 5) is 0. The van der Waals surface area contributed by atoms with Crippen molar-refractivity contribution in [3.8, 4) is 11.5 Å². The molecule has 0 spiro atoms. The Morgan fingerprint density at radius 3 is 2.52 bits per heavy atom. The molecule has 21 heavy (non-hydrogen) atoms. The summed E-state index contributed by atoms with van der Waals surface area (Å²) >= 11 is 1.93. The lowest BCUT2D eigenvalue weighted by Gasteiger charge is -2.15. The summed E-state index contributed by atoms with van der Waals surface area (Å²) in [6.07, 6.45) is 7.08. The van der Waals surface area contributed by atoms with Crippen LogP contribution in [0.2, 0.25) is 0 Å². The Bertz CT molecular complexity index is 398. The van der Waals surface area contributed by atoms with E-state index in [2.05, 4.69) is 30.6 Å². The zero-order chi connectivity index (χ0) is 15.5. The second-order valence-electron chi connectivity index (χ2n) is 5.30. The molecule has 3 nitrogen and oxygen atoms in total. The fraction of sp³-hybridized carbons (Fsp3) is 0.647. The van der Waals surface area contributed by atoms with E-state index in [-0.39, 0.29) is 0 Å². The molecule has 0 aliphatic heterocycles. The molecule has 0 heterocycles. The first-order chi connectivity index (χ1) is 10.2. The first-order valence-corrected chi connectivity index (χ1v) is 9.03. The molecule has 0 saturated carbocycles. The lowest BCUT2D eigenvalue weighted by molar-refractivity contribution is 0.354. The Morgan fingerprint density at radius 2 is 1.86 bits per heavy atom. The lowest BCUT2D eigenvalue weighted by atomic mass is 10.1. The molecule has 0 amide bonds. The second kappa shape index (κ2) is 10.8. The first kappa shape index (κ1) is 18.2. The maximum atomic E-state index is 5.35. The highest BCUT2D eigenvalue weighted by molar-refractivity contribution is 7.98. The topological polar surface area (TPSA) is 30.5 Å². The minimum Gasteiger partial charge on any atom is -0.493 e. The van der Waals surface area contributed by atoms with Crippen molar-refractivity contribution in [1.82, 2.24) is 5.32 Å². The molecule has 1 aromatic rings. The van der Waals surface area contributed by atoms with Gasteiger partial charge in [0.15, 0.2) is 11.5 Å². The lowest BCUT2D eigenvalue weighted by Crippen LogP contribution is -2.29. The van der Waals surface area contributed by atoms with E-state index in [4.69, 9.17) is 9.47 Å². The van der Waals surface area contributed by atoms with Crippen LogP contribution in [0.1, 0.15) is 31.7 Å². The third-order valence-corrected chi connectivity index (χ3v) is 4.20. The molecule has 0 aliphatic carbocycles. The predicted octanol–water partition coefficient (Wildman–Crippen LogP) is 3.76. The van der Waals surface area contributed by atoms with E-state index >= 15 is 0 Å². The van der Waals surface area contributed by atoms with Crippen LogP contribution >= 0.6 is 11.8 Å². The Labute approximate surface area is 133 Å². The SMILES string of the molecule is COc1ccc(CC(C)NCCCCCSC)cc1OC. The fourth-order valence-corrected chi connectivity index (χ4v) is 2.82. The van der Waals surface area contributed by atoms with Gasteiger partial charge in [-0.1, -0.05) is 12.5 Å². The van der Waals surface area contributed by atoms with Crippen molar-refractivity contribution in [3.63, 3.8) is 0 Å². The van der Waals surface area contributed by atoms with Crippen LogP contribution in [0.4, 0.5) is 0 Å². The fourth-order valence-electron chi connectivity index (χ4n) is 2.33. The van der Waals surface area contributed by atoms with E-state index in [1.165, 1.54) is 30.6 Å². The van der Waals surface area contributed by atoms with E-state index < -0.39 is 0 Å². The summed E-state index contributed by atoms with van der Waals surface area (Å²) in [6, 6.07) is 6.63. The molecular weight excluding hydrogens is 282 g/mol. The van der Waals surface area contributed by atoms with Gasteiger partial charge in [-0.3, -0.25) is 0 Å². The van der Waals surface area contributed by atoms with Crippen molar-refractivity contribution < 1.29 is 9.47 Å². The molecule has 1 atom stereocenters. The van der Waals surface area contributed by atoms with Gasteiger partial charge >= 0.3 is 0 Å². The quantitative estimate of drug-likeness (QED) is 0.630. The molecule has 1 aromatic carbocycles. The molecule has 0 bridgehead atoms. The molecule has 4 heteroatoms. The van der Waals surface area contributed by atoms with Gasteiger partial charge in [-0.2, -0.15) is 11.8 Å². The summed E-state index contributed by atoms with van der Waals surface area (Å²) in [6.45, 7) is 3.33. The van der Waals surface area contributed by atoms with Gasteiger partial charge in [0.1, 0.15) is 0 Å². The highest BCUT2D eigenvalue weighted by Gasteiger charge is 2.07. The van der Waals surface area contributed by atoms with Gasteiger partial charge in [-0.15, -0.1) is 0 Å². The first-order valence-electron chi connectivity index (χ1n) is 7.64. The van der Waals surface area contributed by atoms with E-state index in [0.717, 1.165) is 24.5 Å². The highest BCUT2D eigenvalue weighted by Crippen LogP contribution is 2.27. The van der Waals surface area contributed by atoms with Gasteiger partial charge < -0.3 is 14.8 Å². The molecular formula is C17H29NO2S. The standard InChI is InChI=1S/C17H29NO2S/c1-14(18-10-6-5-7-11-21-4)12-15-8-9-16(19-2)17(13-15)20-3/h8-9,13-14,18H,5-7,10-12H2,1-4H3. The van der Waals surface area contributed by atoms with Gasteiger partial charge in [-0.05, 0) is 62.4 Å². The molecule has 1 N–H and O–H groups in total. The van der Waals surface area contributed by atoms with Gasteiger partial charge in [0.05, 0.1) is 14.2 Å². The smallest absolute Gasteiger partial charge is 0.160 e. The van der Waals surface area contributed by atoms with E-state index in [1.807, 2.05) is 17.8 Å². The van der Waals surface area contributed by atoms with Crippen LogP contribution in [-0.4, -0.2) is 38.8 Å². The molecule has 1 rings (SSSR count). The van der Waals surface area contributed by atoms with Crippen LogP contribution < -0.4 is 14.8 Å². The van der Waals surface area contributed by atoms with Crippen LogP contribution in [0.3, 0.4) is 0 Å². The summed E-state index contributed by atoms with van der Waals surface area (Å²) in [7, 11) is 3.34. The zero-order valence-electron chi connectivity index (χ0n) is 13.8. The van der Waals surface area contributed by atoms with Crippen molar-refractivity contribution in [2.45, 2.75) is 38.6 Å². The van der Waals surface area contributed by atoms with Gasteiger partial charge in [-0.25, -0.2) is 0 Å². The summed E-state index contributed by atoms with van der Waals surface area (Å²) in [5, 5.41) is 3.60. The zero-order valence-corrected chi connectivity index (χ0v) is 14.6. The Morgan fingerprint density at radius 1 is 1.10 bits per heavy atom. The second-order valence-corrected chi connectivity index (χ2v) is 6.29. The predicted molar refractivity (Wildman–Crippen MR) is 92.9 cm³/mol. The van der Waals surface area contributed by atoms with Crippen molar-refractivity contribution in [2.24, 2.45) is 0 Å². The molecule has 0 aliphatic rings. The number of methoxy groups -OCH3 is 2. The number of benzene rings is 1. The largest absolute Gasteiger partial charge is 0.493 e. The van der Waals surface area contributed by atoms with Crippen LogP contribution in [0.15, 0.2) is 18.2 Å². The van der Waals surface area contributed by atoms with E-state index in [0.29, 0.717) is 6.04 Å². The third kappa shape index (κ3) is 7.09. The Hall–Kier alpha value is -0.870. The number of nitrogens with one attached hydrogen (secondary N) is 1. The average molecular weight is 311 g/mol. The molecule has 0 fully saturated rings. The summed E-state index contributed by atoms with van der Waals surface area (Å²) < 4.78 is 10.6. The molecule has 1 unspecified atom stereocenters. The number of rotatable bonds is 11. The van der Waals surface area contributed by atoms with Gasteiger partial charge in [0.25, 0.3) is 0 Å². The molecule has 0 saturated heterocycles. The van der Waals surface area contributed by atoms with Crippen molar-refractivity contribution in [1.29, 1.82) is 0 Å². The highest BCUT2D eigenvalue weighted by atomic mass is 32.2. The van der Waals surface area contributed by atoms with Crippen molar-refractivity contribution in [2.75, 3.05) is 32.8 Å². The maximum absolute atomic E-state index is 5.35. The summed E-state index contributed by atoms with van der Waals surface area (Å²) in [5.41, 5.74) is 1.27. The van der Waals surface area contributed by atoms with E-state index in [9.17, 15) is 0 Å². The molecule has 0 radical (unpaired) electrons. The minimum absolute atomic E-state index is 0.476. The van der Waals surface area contributed by atoms with Crippen LogP contribution in [-0.2, 0) is 6.42 Å². The molecule has 0 aromatic heterocycles. The summed E-state index contributed by atoms with van der Waals surface area (Å²) in [5.74, 6) is 2.87. The van der Waals surface area contributed by atoms with Crippen molar-refractivity contribution >= 4 is 11.8 Å². The van der Waals surface area contributed by atoms with Gasteiger partial charge in [0.2, 0.25) is 0 Å². The number of hydrogen-bond donors (Lipinski definition) is 1. The van der Waals surface area contributed by atoms with Crippen LogP contribution in [0.25, 0.3) is 0 Å². The van der Waals surface area contributed by atoms with Crippen LogP contribution in [0, 0.1) is 0 Å². The maximum Gasteiger partial charge on any atom is 0.160 e. The van der Waals surface area contributed by atoms with Crippen molar-refractivity contribution in [3.05, 3.63) is 23.8 Å². The third-order valence-electron chi connectivity index (χ3n) is 3.51. The number of thioether (sulfide) groups is 1. The van der Waals surface area contributed by atoms with Gasteiger partial charge in [0, 0.05) is 6.04 Å². The normalized spacial score (nSPS) is 12.2. The minimum atomic E-state index is 0.476. The number of hydrogen-bond acceptors (Lipinski definition) is 4.